The molecule has 4 bridgehead atoms. The number of ketones is 1. The van der Waals surface area contributed by atoms with E-state index in [1.807, 2.05) is 6.92 Å². The number of anilines is 1. The van der Waals surface area contributed by atoms with Gasteiger partial charge in [-0.05, 0) is 45.1 Å². The summed E-state index contributed by atoms with van der Waals surface area (Å²) in [6.45, 7) is 16.9. The molecule has 63 heavy (non-hydrogen) atoms. The van der Waals surface area contributed by atoms with E-state index < -0.39 is 77.3 Å². The Kier molecular flexibility index (Phi) is 14.4. The van der Waals surface area contributed by atoms with Gasteiger partial charge in [-0.25, -0.2) is 0 Å². The number of esters is 1. The molecular formula is C47H63N5O11. The van der Waals surface area contributed by atoms with E-state index in [0.29, 0.717) is 44.8 Å². The highest BCUT2D eigenvalue weighted by molar-refractivity contribution is 6.19. The maximum atomic E-state index is 14.6. The van der Waals surface area contributed by atoms with Crippen LogP contribution in [0.15, 0.2) is 46.1 Å². The number of aromatic hydroxyl groups is 2. The van der Waals surface area contributed by atoms with E-state index >= 15 is 0 Å². The molecule has 0 aliphatic carbocycles. The van der Waals surface area contributed by atoms with Crippen molar-refractivity contribution in [1.29, 1.82) is 0 Å². The maximum absolute atomic E-state index is 14.6. The Morgan fingerprint density at radius 2 is 1.75 bits per heavy atom. The first-order chi connectivity index (χ1) is 29.8. The minimum atomic E-state index is -1.92. The third-order valence-electron chi connectivity index (χ3n) is 12.5. The summed E-state index contributed by atoms with van der Waals surface area (Å²) in [6.07, 6.45) is 6.40. The Morgan fingerprint density at radius 1 is 1.05 bits per heavy atom. The first kappa shape index (κ1) is 47.2. The van der Waals surface area contributed by atoms with E-state index in [1.165, 1.54) is 13.2 Å². The Bertz CT molecular complexity index is 2350. The number of hydrogen-bond donors (Lipinski definition) is 6. The van der Waals surface area contributed by atoms with Gasteiger partial charge in [0.15, 0.2) is 11.4 Å². The number of phenols is 2. The first-order valence-electron chi connectivity index (χ1n) is 22.1. The van der Waals surface area contributed by atoms with E-state index in [9.17, 15) is 39.6 Å². The zero-order valence-electron chi connectivity index (χ0n) is 37.6. The summed E-state index contributed by atoms with van der Waals surface area (Å²) in [7, 11) is 0. The van der Waals surface area contributed by atoms with Crippen LogP contribution in [0.25, 0.3) is 10.8 Å². The van der Waals surface area contributed by atoms with Crippen molar-refractivity contribution in [3.8, 4) is 17.2 Å². The normalized spacial score (nSPS) is 28.3. The number of carbonyl (C=O) groups excluding carboxylic acids is 4. The molecule has 342 valence electrons. The summed E-state index contributed by atoms with van der Waals surface area (Å²) in [5, 5.41) is 52.2. The van der Waals surface area contributed by atoms with Gasteiger partial charge in [-0.1, -0.05) is 52.8 Å². The highest BCUT2D eigenvalue weighted by Crippen LogP contribution is 2.50. The molecule has 6 atom stereocenters. The van der Waals surface area contributed by atoms with Crippen LogP contribution < -0.4 is 26.1 Å². The van der Waals surface area contributed by atoms with Gasteiger partial charge in [0.25, 0.3) is 11.7 Å². The number of rotatable bonds is 7. The van der Waals surface area contributed by atoms with Gasteiger partial charge in [0.05, 0.1) is 34.8 Å². The Labute approximate surface area is 367 Å². The first-order valence-corrected chi connectivity index (χ1v) is 22.1. The van der Waals surface area contributed by atoms with Crippen LogP contribution in [-0.4, -0.2) is 105 Å². The monoisotopic (exact) mass is 873 g/mol. The van der Waals surface area contributed by atoms with Gasteiger partial charge in [-0.3, -0.25) is 29.2 Å². The largest absolute Gasteiger partial charge is 0.507 e. The lowest BCUT2D eigenvalue weighted by Gasteiger charge is -2.36. The van der Waals surface area contributed by atoms with Gasteiger partial charge >= 0.3 is 11.8 Å². The van der Waals surface area contributed by atoms with Crippen molar-refractivity contribution in [3.05, 3.63) is 58.0 Å². The highest BCUT2D eigenvalue weighted by Gasteiger charge is 2.50. The summed E-state index contributed by atoms with van der Waals surface area (Å²) in [5.74, 6) is -5.85. The standard InChI is InChI=1S/C47H63N5O11/c1-9-18-48-33(55)23-34(56)62-32-15-10-11-21-61-46(8)44(59)37-35-36(41(57)29(7)43(37)63-46)42(58)40(39-38(35)50-47(51-39)16-19-52(20-17-47)24-25(2)3)49-45(60)27(5)14-12-13-26(4)30(53)22-31(54)28(32)6/h11-14,21,25-26,28,30-32,53-54,57-58H,9-10,15-20,22-24H2,1-8H3,(H,48,55)(H,49,60)/b13-12+,21-11+,27-14-/t26?,28-,30-,31?,32-,46+/m1/s1. The third kappa shape index (κ3) is 9.92. The zero-order chi connectivity index (χ0) is 46.0. The minimum absolute atomic E-state index is 0.0404. The fraction of sp³-hybridized carbons (Fsp3) is 0.574. The molecule has 6 rings (SSSR count). The van der Waals surface area contributed by atoms with Gasteiger partial charge in [-0.15, -0.1) is 0 Å². The number of carbonyl (C=O) groups is 4. The van der Waals surface area contributed by atoms with Crippen LogP contribution in [0.1, 0.15) is 109 Å². The second kappa shape index (κ2) is 19.2. The summed E-state index contributed by atoms with van der Waals surface area (Å²) in [6, 6.07) is 0. The summed E-state index contributed by atoms with van der Waals surface area (Å²) in [5.41, 5.74) is -0.578. The smallest absolute Gasteiger partial charge is 0.315 e. The molecule has 2 aromatic carbocycles. The SMILES string of the molecule is CCCNC(=O)CC(=O)O[C@@H]1CC/C=C/O[C@@]2(C)Oc3c(C)c(O)c4c(O)c(c5c(c4c3C2=O)=NC2(CCN(CC(C)C)CC2)N=5)NC(=O)/C(C)=C\C=C\C(C)[C@H](O)CC(O)[C@H]1C. The Morgan fingerprint density at radius 3 is 2.43 bits per heavy atom. The summed E-state index contributed by atoms with van der Waals surface area (Å²) in [4.78, 5) is 66.4. The average molecular weight is 874 g/mol. The number of fused-ring (bicyclic) bond motifs is 1. The molecule has 6 N–H and O–H groups in total. The number of Topliss-reactive ketones (excluding diaryl/α,β-unsaturated/α-hetero) is 1. The number of piperidine rings is 1. The van der Waals surface area contributed by atoms with Crippen LogP contribution in [0.3, 0.4) is 0 Å². The molecule has 1 saturated heterocycles. The third-order valence-corrected chi connectivity index (χ3v) is 12.5. The van der Waals surface area contributed by atoms with E-state index in [2.05, 4.69) is 29.4 Å². The van der Waals surface area contributed by atoms with Gasteiger partial charge < -0.3 is 50.2 Å². The van der Waals surface area contributed by atoms with Crippen molar-refractivity contribution in [3.63, 3.8) is 0 Å². The molecule has 0 saturated carbocycles. The lowest BCUT2D eigenvalue weighted by Crippen LogP contribution is -2.43. The molecule has 4 heterocycles. The average Bonchev–Trinajstić information content (AvgIpc) is 3.73. The predicted molar refractivity (Wildman–Crippen MR) is 235 cm³/mol. The van der Waals surface area contributed by atoms with Crippen LogP contribution in [-0.2, 0) is 23.9 Å². The maximum Gasteiger partial charge on any atom is 0.315 e. The number of phenolic OH excluding ortho intramolecular Hbond substituents is 2. The number of benzene rings is 2. The van der Waals surface area contributed by atoms with E-state index in [-0.39, 0.29) is 74.6 Å². The van der Waals surface area contributed by atoms with Crippen molar-refractivity contribution in [1.82, 2.24) is 10.2 Å². The number of hydrogen-bond acceptors (Lipinski definition) is 14. The van der Waals surface area contributed by atoms with E-state index in [4.69, 9.17) is 24.2 Å². The molecule has 16 nitrogen and oxygen atoms in total. The minimum Gasteiger partial charge on any atom is -0.507 e. The van der Waals surface area contributed by atoms with E-state index in [1.54, 1.807) is 52.0 Å². The molecule has 0 radical (unpaired) electrons. The van der Waals surface area contributed by atoms with Gasteiger partial charge in [0.1, 0.15) is 35.1 Å². The fourth-order valence-electron chi connectivity index (χ4n) is 8.60. The molecule has 1 fully saturated rings. The highest BCUT2D eigenvalue weighted by atomic mass is 16.7. The summed E-state index contributed by atoms with van der Waals surface area (Å²) >= 11 is 0. The molecule has 4 aliphatic rings. The van der Waals surface area contributed by atoms with Gasteiger partial charge in [0.2, 0.25) is 5.91 Å². The van der Waals surface area contributed by atoms with Crippen LogP contribution >= 0.6 is 0 Å². The lowest BCUT2D eigenvalue weighted by atomic mass is 9.88. The number of allylic oxidation sites excluding steroid dienone is 3. The molecule has 2 unspecified atom stereocenters. The molecule has 16 heteroatoms. The number of ether oxygens (including phenoxy) is 3. The second-order valence-electron chi connectivity index (χ2n) is 18.0. The molecule has 0 aromatic heterocycles. The van der Waals surface area contributed by atoms with Crippen molar-refractivity contribution in [2.75, 3.05) is 31.5 Å². The molecular weight excluding hydrogens is 811 g/mol. The lowest BCUT2D eigenvalue weighted by molar-refractivity contribution is -0.156. The summed E-state index contributed by atoms with van der Waals surface area (Å²) < 4.78 is 18.0. The second-order valence-corrected chi connectivity index (χ2v) is 18.0. The van der Waals surface area contributed by atoms with E-state index in [0.717, 1.165) is 6.54 Å². The Balaban J connectivity index is 1.43. The predicted octanol–water partition coefficient (Wildman–Crippen LogP) is 4.53. The van der Waals surface area contributed by atoms with Gasteiger partial charge in [-0.2, -0.15) is 0 Å². The van der Waals surface area contributed by atoms with Gasteiger partial charge in [0, 0.05) is 80.7 Å². The zero-order valence-corrected chi connectivity index (χ0v) is 37.6. The topological polar surface area (TPSA) is 229 Å². The fourth-order valence-corrected chi connectivity index (χ4v) is 8.60. The number of likely N-dealkylation sites (tertiary alicyclic amines) is 1. The van der Waals surface area contributed by atoms with Crippen LogP contribution in [0.2, 0.25) is 0 Å². The van der Waals surface area contributed by atoms with Crippen molar-refractivity contribution in [2.24, 2.45) is 27.7 Å². The quantitative estimate of drug-likeness (QED) is 0.128. The van der Waals surface area contributed by atoms with Crippen LogP contribution in [0.5, 0.6) is 17.2 Å². The van der Waals surface area contributed by atoms with Crippen LogP contribution in [0, 0.1) is 24.7 Å². The molecule has 2 aromatic rings. The van der Waals surface area contributed by atoms with Crippen molar-refractivity contribution in [2.45, 2.75) is 130 Å². The number of aliphatic hydroxyl groups excluding tert-OH is 2. The van der Waals surface area contributed by atoms with Crippen molar-refractivity contribution >= 4 is 40.0 Å². The number of amides is 2. The van der Waals surface area contributed by atoms with Crippen molar-refractivity contribution < 1.29 is 53.8 Å². The number of nitrogens with one attached hydrogen (secondary N) is 2. The molecule has 2 amide bonds. The molecule has 1 spiro atoms. The molecule has 4 aliphatic heterocycles. The number of aliphatic hydroxyl groups is 2. The Hall–Kier alpha value is -5.32. The number of nitrogens with zero attached hydrogens (tertiary/aromatic N) is 3. The van der Waals surface area contributed by atoms with Crippen LogP contribution in [0.4, 0.5) is 5.69 Å².